The molecule has 0 radical (unpaired) electrons. The molecule has 4 nitrogen and oxygen atoms in total. The molecule has 4 heteroatoms. The van der Waals surface area contributed by atoms with Crippen molar-refractivity contribution in [2.45, 2.75) is 26.4 Å². The van der Waals surface area contributed by atoms with E-state index in [1.54, 1.807) is 51.1 Å². The Balaban J connectivity index is 2.01. The molecule has 2 rings (SSSR count). The molecule has 2 aromatic carbocycles. The third kappa shape index (κ3) is 5.31. The van der Waals surface area contributed by atoms with E-state index in [0.29, 0.717) is 17.9 Å². The van der Waals surface area contributed by atoms with Crippen molar-refractivity contribution in [3.8, 4) is 5.75 Å². The van der Waals surface area contributed by atoms with Gasteiger partial charge < -0.3 is 9.47 Å². The van der Waals surface area contributed by atoms with Crippen LogP contribution in [-0.2, 0) is 9.53 Å². The fraction of sp³-hybridized carbons (Fsp3) is 0.238. The lowest BCUT2D eigenvalue weighted by molar-refractivity contribution is -0.158. The Morgan fingerprint density at radius 3 is 2.24 bits per heavy atom. The molecule has 25 heavy (non-hydrogen) atoms. The predicted octanol–water partition coefficient (Wildman–Crippen LogP) is 4.30. The molecule has 0 unspecified atom stereocenters. The first-order valence-electron chi connectivity index (χ1n) is 8.16. The van der Waals surface area contributed by atoms with E-state index in [0.717, 1.165) is 5.56 Å². The van der Waals surface area contributed by atoms with Gasteiger partial charge in [-0.1, -0.05) is 48.5 Å². The fourth-order valence-corrected chi connectivity index (χ4v) is 2.16. The summed E-state index contributed by atoms with van der Waals surface area (Å²) in [5.74, 6) is 0.0985. The van der Waals surface area contributed by atoms with E-state index in [4.69, 9.17) is 9.47 Å². The maximum atomic E-state index is 12.0. The number of hydrogen-bond donors (Lipinski definition) is 0. The number of benzene rings is 2. The molecule has 0 saturated carbocycles. The zero-order chi connectivity index (χ0) is 18.3. The van der Waals surface area contributed by atoms with Crippen LogP contribution in [-0.4, -0.2) is 24.0 Å². The van der Waals surface area contributed by atoms with Gasteiger partial charge in [0.05, 0.1) is 6.61 Å². The van der Waals surface area contributed by atoms with Crippen LogP contribution in [0.4, 0.5) is 0 Å². The van der Waals surface area contributed by atoms with Crippen LogP contribution in [0.2, 0.25) is 0 Å². The summed E-state index contributed by atoms with van der Waals surface area (Å²) in [6.45, 7) is 5.39. The van der Waals surface area contributed by atoms with E-state index in [1.807, 2.05) is 30.3 Å². The van der Waals surface area contributed by atoms with Crippen LogP contribution in [0.1, 0.15) is 36.7 Å². The highest BCUT2D eigenvalue weighted by molar-refractivity contribution is 6.06. The summed E-state index contributed by atoms with van der Waals surface area (Å²) < 4.78 is 10.7. The fourth-order valence-electron chi connectivity index (χ4n) is 2.16. The van der Waals surface area contributed by atoms with Crippen molar-refractivity contribution >= 4 is 17.8 Å². The second-order valence-corrected chi connectivity index (χ2v) is 5.97. The lowest BCUT2D eigenvalue weighted by Crippen LogP contribution is -2.39. The molecule has 0 atom stereocenters. The monoisotopic (exact) mass is 338 g/mol. The third-order valence-corrected chi connectivity index (χ3v) is 3.51. The van der Waals surface area contributed by atoms with Gasteiger partial charge in [-0.05, 0) is 44.5 Å². The molecule has 0 N–H and O–H groups in total. The highest BCUT2D eigenvalue weighted by Crippen LogP contribution is 2.20. The van der Waals surface area contributed by atoms with Gasteiger partial charge in [0.1, 0.15) is 5.75 Å². The minimum absolute atomic E-state index is 0.0515. The zero-order valence-corrected chi connectivity index (χ0v) is 14.7. The van der Waals surface area contributed by atoms with Crippen LogP contribution in [0.15, 0.2) is 60.7 Å². The van der Waals surface area contributed by atoms with Crippen molar-refractivity contribution in [3.63, 3.8) is 0 Å². The number of allylic oxidation sites excluding steroid dienone is 1. The maximum absolute atomic E-state index is 12.0. The van der Waals surface area contributed by atoms with Crippen LogP contribution in [0.25, 0.3) is 6.08 Å². The zero-order valence-electron chi connectivity index (χ0n) is 14.7. The smallest absolute Gasteiger partial charge is 0.349 e. The molecule has 0 fully saturated rings. The van der Waals surface area contributed by atoms with Gasteiger partial charge in [0.2, 0.25) is 0 Å². The number of ketones is 1. The number of ether oxygens (including phenoxy) is 2. The summed E-state index contributed by atoms with van der Waals surface area (Å²) >= 11 is 0. The van der Waals surface area contributed by atoms with E-state index >= 15 is 0 Å². The van der Waals surface area contributed by atoms with Crippen LogP contribution >= 0.6 is 0 Å². The summed E-state index contributed by atoms with van der Waals surface area (Å²) in [7, 11) is 0. The van der Waals surface area contributed by atoms with Crippen LogP contribution in [0.3, 0.4) is 0 Å². The quantitative estimate of drug-likeness (QED) is 0.429. The summed E-state index contributed by atoms with van der Waals surface area (Å²) in [4.78, 5) is 23.9. The first kappa shape index (κ1) is 18.5. The largest absolute Gasteiger partial charge is 0.476 e. The highest BCUT2D eigenvalue weighted by atomic mass is 16.6. The molecular weight excluding hydrogens is 316 g/mol. The predicted molar refractivity (Wildman–Crippen MR) is 97.6 cm³/mol. The summed E-state index contributed by atoms with van der Waals surface area (Å²) in [5.41, 5.74) is 0.455. The molecule has 0 aromatic heterocycles. The Kier molecular flexibility index (Phi) is 6.12. The number of carbonyl (C=O) groups is 2. The normalized spacial score (nSPS) is 11.3. The van der Waals surface area contributed by atoms with Crippen LogP contribution < -0.4 is 4.74 Å². The Morgan fingerprint density at radius 2 is 1.64 bits per heavy atom. The topological polar surface area (TPSA) is 52.6 Å². The molecule has 0 aliphatic heterocycles. The Morgan fingerprint density at radius 1 is 1.00 bits per heavy atom. The number of esters is 1. The second kappa shape index (κ2) is 8.29. The standard InChI is InChI=1S/C21H22O4/c1-4-24-20(23)21(2,3)25-18-13-10-16(11-14-18)12-15-19(22)17-8-6-5-7-9-17/h5-15H,4H2,1-3H3/b15-12+. The molecule has 0 aliphatic rings. The van der Waals surface area contributed by atoms with E-state index in [1.165, 1.54) is 6.08 Å². The average Bonchev–Trinajstić information content (AvgIpc) is 2.61. The van der Waals surface area contributed by atoms with Crippen molar-refractivity contribution in [1.82, 2.24) is 0 Å². The minimum atomic E-state index is -1.06. The van der Waals surface area contributed by atoms with E-state index in [2.05, 4.69) is 0 Å². The molecule has 2 aromatic rings. The molecule has 0 bridgehead atoms. The van der Waals surface area contributed by atoms with Gasteiger partial charge >= 0.3 is 5.97 Å². The van der Waals surface area contributed by atoms with Crippen molar-refractivity contribution in [1.29, 1.82) is 0 Å². The molecule has 0 aliphatic carbocycles. The Hall–Kier alpha value is -2.88. The minimum Gasteiger partial charge on any atom is -0.476 e. The number of hydrogen-bond acceptors (Lipinski definition) is 4. The summed E-state index contributed by atoms with van der Waals surface area (Å²) in [6, 6.07) is 16.3. The van der Waals surface area contributed by atoms with E-state index < -0.39 is 11.6 Å². The SMILES string of the molecule is CCOC(=O)C(C)(C)Oc1ccc(/C=C/C(=O)c2ccccc2)cc1. The summed E-state index contributed by atoms with van der Waals surface area (Å²) in [6.07, 6.45) is 3.28. The van der Waals surface area contributed by atoms with Gasteiger partial charge in [0.25, 0.3) is 0 Å². The third-order valence-electron chi connectivity index (χ3n) is 3.51. The van der Waals surface area contributed by atoms with Gasteiger partial charge in [-0.2, -0.15) is 0 Å². The lowest BCUT2D eigenvalue weighted by atomic mass is 10.1. The van der Waals surface area contributed by atoms with Gasteiger partial charge in [0.15, 0.2) is 11.4 Å². The second-order valence-electron chi connectivity index (χ2n) is 5.97. The Bertz CT molecular complexity index is 743. The maximum Gasteiger partial charge on any atom is 0.349 e. The molecule has 0 saturated heterocycles. The Labute approximate surface area is 148 Å². The first-order valence-corrected chi connectivity index (χ1v) is 8.16. The van der Waals surface area contributed by atoms with E-state index in [9.17, 15) is 9.59 Å². The molecule has 130 valence electrons. The molecular formula is C21H22O4. The van der Waals surface area contributed by atoms with Crippen molar-refractivity contribution in [3.05, 3.63) is 71.8 Å². The van der Waals surface area contributed by atoms with Gasteiger partial charge in [-0.25, -0.2) is 4.79 Å². The summed E-state index contributed by atoms with van der Waals surface area (Å²) in [5, 5.41) is 0. The molecule has 0 amide bonds. The average molecular weight is 338 g/mol. The molecule has 0 heterocycles. The van der Waals surface area contributed by atoms with Crippen LogP contribution in [0, 0.1) is 0 Å². The number of carbonyl (C=O) groups excluding carboxylic acids is 2. The van der Waals surface area contributed by atoms with Gasteiger partial charge in [-0.15, -0.1) is 0 Å². The highest BCUT2D eigenvalue weighted by Gasteiger charge is 2.31. The van der Waals surface area contributed by atoms with E-state index in [-0.39, 0.29) is 5.78 Å². The lowest BCUT2D eigenvalue weighted by Gasteiger charge is -2.24. The van der Waals surface area contributed by atoms with Crippen LogP contribution in [0.5, 0.6) is 5.75 Å². The molecule has 0 spiro atoms. The first-order chi connectivity index (χ1) is 11.9. The van der Waals surface area contributed by atoms with Crippen molar-refractivity contribution in [2.24, 2.45) is 0 Å². The van der Waals surface area contributed by atoms with Crippen molar-refractivity contribution < 1.29 is 19.1 Å². The van der Waals surface area contributed by atoms with Crippen molar-refractivity contribution in [2.75, 3.05) is 6.61 Å². The van der Waals surface area contributed by atoms with Gasteiger partial charge in [0, 0.05) is 5.56 Å². The number of rotatable bonds is 7. The van der Waals surface area contributed by atoms with Gasteiger partial charge in [-0.3, -0.25) is 4.79 Å².